The minimum absolute atomic E-state index is 0.0336. The van der Waals surface area contributed by atoms with Gasteiger partial charge in [0.1, 0.15) is 0 Å². The van der Waals surface area contributed by atoms with Gasteiger partial charge in [-0.25, -0.2) is 0 Å². The Bertz CT molecular complexity index is 867. The third-order valence-corrected chi connectivity index (χ3v) is 4.78. The highest BCUT2D eigenvalue weighted by atomic mass is 35.5. The zero-order valence-electron chi connectivity index (χ0n) is 13.5. The fourth-order valence-electron chi connectivity index (χ4n) is 2.89. The number of thiocarbonyl (C=S) groups is 1. The molecule has 1 aliphatic rings. The van der Waals surface area contributed by atoms with Crippen LogP contribution in [0.2, 0.25) is 5.02 Å². The van der Waals surface area contributed by atoms with Crippen LogP contribution in [0, 0.1) is 5.41 Å². The molecular formula is C18H15ClF3N3S. The van der Waals surface area contributed by atoms with Gasteiger partial charge in [-0.05, 0) is 48.2 Å². The molecule has 26 heavy (non-hydrogen) atoms. The summed E-state index contributed by atoms with van der Waals surface area (Å²) in [7, 11) is 0. The van der Waals surface area contributed by atoms with Crippen molar-refractivity contribution in [1.29, 1.82) is 5.41 Å². The lowest BCUT2D eigenvalue weighted by molar-refractivity contribution is -0.137. The van der Waals surface area contributed by atoms with Crippen molar-refractivity contribution in [3.8, 4) is 0 Å². The number of halogens is 4. The molecule has 3 rings (SSSR count). The number of fused-ring (bicyclic) bond motifs is 1. The van der Waals surface area contributed by atoms with Crippen LogP contribution < -0.4 is 10.2 Å². The van der Waals surface area contributed by atoms with Crippen LogP contribution >= 0.6 is 23.8 Å². The SMILES string of the molecule is N=C(Nc1cc(C=S)ccc1Cl)N1CCCc2ccc(C(F)(F)F)cc21. The van der Waals surface area contributed by atoms with Crippen molar-refractivity contribution >= 4 is 46.5 Å². The van der Waals surface area contributed by atoms with Crippen LogP contribution in [0.25, 0.3) is 0 Å². The summed E-state index contributed by atoms with van der Waals surface area (Å²) in [6.07, 6.45) is -3.00. The first kappa shape index (κ1) is 18.7. The Balaban J connectivity index is 1.91. The van der Waals surface area contributed by atoms with Gasteiger partial charge in [-0.15, -0.1) is 0 Å². The van der Waals surface area contributed by atoms with E-state index >= 15 is 0 Å². The molecule has 0 aromatic heterocycles. The van der Waals surface area contributed by atoms with Gasteiger partial charge in [-0.2, -0.15) is 13.2 Å². The third kappa shape index (κ3) is 3.83. The lowest BCUT2D eigenvalue weighted by Crippen LogP contribution is -2.39. The van der Waals surface area contributed by atoms with Gasteiger partial charge in [-0.1, -0.05) is 36.0 Å². The van der Waals surface area contributed by atoms with E-state index in [0.29, 0.717) is 29.4 Å². The third-order valence-electron chi connectivity index (χ3n) is 4.18. The number of alkyl halides is 3. The largest absolute Gasteiger partial charge is 0.416 e. The van der Waals surface area contributed by atoms with Crippen molar-refractivity contribution in [3.63, 3.8) is 0 Å². The van der Waals surface area contributed by atoms with Crippen LogP contribution in [0.3, 0.4) is 0 Å². The molecule has 0 spiro atoms. The van der Waals surface area contributed by atoms with E-state index in [1.165, 1.54) is 16.3 Å². The average molecular weight is 398 g/mol. The van der Waals surface area contributed by atoms with Crippen molar-refractivity contribution in [2.75, 3.05) is 16.8 Å². The van der Waals surface area contributed by atoms with E-state index in [-0.39, 0.29) is 5.96 Å². The first-order valence-corrected chi connectivity index (χ1v) is 8.72. The van der Waals surface area contributed by atoms with Gasteiger partial charge in [0.2, 0.25) is 0 Å². The average Bonchev–Trinajstić information content (AvgIpc) is 2.61. The normalized spacial score (nSPS) is 13.9. The Morgan fingerprint density at radius 3 is 2.69 bits per heavy atom. The molecule has 2 aromatic carbocycles. The molecule has 0 saturated carbocycles. The summed E-state index contributed by atoms with van der Waals surface area (Å²) >= 11 is 11.0. The van der Waals surface area contributed by atoms with Crippen molar-refractivity contribution in [3.05, 3.63) is 58.1 Å². The predicted octanol–water partition coefficient (Wildman–Crippen LogP) is 5.51. The first-order chi connectivity index (χ1) is 12.3. The van der Waals surface area contributed by atoms with Gasteiger partial charge in [0, 0.05) is 17.6 Å². The maximum absolute atomic E-state index is 13.1. The molecule has 0 amide bonds. The van der Waals surface area contributed by atoms with Gasteiger partial charge in [-0.3, -0.25) is 5.41 Å². The van der Waals surface area contributed by atoms with E-state index in [2.05, 4.69) is 5.32 Å². The molecule has 3 nitrogen and oxygen atoms in total. The molecule has 0 radical (unpaired) electrons. The topological polar surface area (TPSA) is 39.1 Å². The smallest absolute Gasteiger partial charge is 0.325 e. The lowest BCUT2D eigenvalue weighted by Gasteiger charge is -2.32. The molecule has 8 heteroatoms. The zero-order chi connectivity index (χ0) is 18.9. The molecule has 0 saturated heterocycles. The zero-order valence-corrected chi connectivity index (χ0v) is 15.1. The van der Waals surface area contributed by atoms with Crippen LogP contribution in [0.15, 0.2) is 36.4 Å². The molecule has 0 atom stereocenters. The molecule has 0 aliphatic carbocycles. The van der Waals surface area contributed by atoms with Crippen molar-refractivity contribution in [2.45, 2.75) is 19.0 Å². The van der Waals surface area contributed by atoms with E-state index < -0.39 is 11.7 Å². The number of rotatable bonds is 2. The summed E-state index contributed by atoms with van der Waals surface area (Å²) in [6.45, 7) is 0.449. The van der Waals surface area contributed by atoms with Crippen LogP contribution in [-0.4, -0.2) is 17.9 Å². The van der Waals surface area contributed by atoms with Gasteiger partial charge in [0.15, 0.2) is 5.96 Å². The van der Waals surface area contributed by atoms with E-state index in [1.807, 2.05) is 0 Å². The standard InChI is InChI=1S/C18H15ClF3N3S/c19-14-6-3-11(10-26)8-15(14)24-17(23)25-7-1-2-12-4-5-13(9-16(12)25)18(20,21)22/h3-6,8-10H,1-2,7H2,(H2,23,24). The quantitative estimate of drug-likeness (QED) is 0.399. The van der Waals surface area contributed by atoms with Crippen molar-refractivity contribution < 1.29 is 13.2 Å². The number of hydrogen-bond donors (Lipinski definition) is 2. The highest BCUT2D eigenvalue weighted by Crippen LogP contribution is 2.36. The monoisotopic (exact) mass is 397 g/mol. The molecular weight excluding hydrogens is 383 g/mol. The molecule has 2 aromatic rings. The van der Waals surface area contributed by atoms with E-state index in [4.69, 9.17) is 29.2 Å². The van der Waals surface area contributed by atoms with Gasteiger partial charge in [0.05, 0.1) is 16.3 Å². The summed E-state index contributed by atoms with van der Waals surface area (Å²) in [5.41, 5.74) is 1.68. The number of guanidine groups is 1. The second-order valence-corrected chi connectivity index (χ2v) is 6.57. The fraction of sp³-hybridized carbons (Fsp3) is 0.222. The summed E-state index contributed by atoms with van der Waals surface area (Å²) in [5, 5.41) is 13.1. The van der Waals surface area contributed by atoms with Gasteiger partial charge < -0.3 is 10.2 Å². The van der Waals surface area contributed by atoms with Gasteiger partial charge >= 0.3 is 6.18 Å². The molecule has 0 bridgehead atoms. The Kier molecular flexibility index (Phi) is 5.20. The number of benzene rings is 2. The van der Waals surface area contributed by atoms with Gasteiger partial charge in [0.25, 0.3) is 0 Å². The van der Waals surface area contributed by atoms with E-state index in [0.717, 1.165) is 29.7 Å². The van der Waals surface area contributed by atoms with Crippen molar-refractivity contribution in [2.24, 2.45) is 0 Å². The predicted molar refractivity (Wildman–Crippen MR) is 103 cm³/mol. The number of nitrogens with zero attached hydrogens (tertiary/aromatic N) is 1. The highest BCUT2D eigenvalue weighted by molar-refractivity contribution is 7.79. The molecule has 1 heterocycles. The van der Waals surface area contributed by atoms with E-state index in [9.17, 15) is 13.2 Å². The number of nitrogens with one attached hydrogen (secondary N) is 2. The van der Waals surface area contributed by atoms with Crippen LogP contribution in [-0.2, 0) is 12.6 Å². The molecule has 0 unspecified atom stereocenters. The molecule has 0 fully saturated rings. The summed E-state index contributed by atoms with van der Waals surface area (Å²) in [6, 6.07) is 8.76. The maximum Gasteiger partial charge on any atom is 0.416 e. The Morgan fingerprint density at radius 1 is 1.23 bits per heavy atom. The molecule has 136 valence electrons. The summed E-state index contributed by atoms with van der Waals surface area (Å²) < 4.78 is 39.2. The highest BCUT2D eigenvalue weighted by Gasteiger charge is 2.32. The second kappa shape index (κ2) is 7.25. The first-order valence-electron chi connectivity index (χ1n) is 7.87. The molecule has 1 aliphatic heterocycles. The van der Waals surface area contributed by atoms with Crippen molar-refractivity contribution in [1.82, 2.24) is 0 Å². The van der Waals surface area contributed by atoms with Crippen LogP contribution in [0.5, 0.6) is 0 Å². The Labute approximate surface area is 159 Å². The maximum atomic E-state index is 13.1. The fourth-order valence-corrected chi connectivity index (χ4v) is 3.20. The minimum atomic E-state index is -4.43. The van der Waals surface area contributed by atoms with E-state index in [1.54, 1.807) is 18.2 Å². The Hall–Kier alpha value is -2.12. The molecule has 2 N–H and O–H groups in total. The van der Waals surface area contributed by atoms with Crippen LogP contribution in [0.1, 0.15) is 23.1 Å². The van der Waals surface area contributed by atoms with Crippen LogP contribution in [0.4, 0.5) is 24.5 Å². The summed E-state index contributed by atoms with van der Waals surface area (Å²) in [5.74, 6) is -0.0336. The second-order valence-electron chi connectivity index (χ2n) is 5.93. The number of aryl methyl sites for hydroxylation is 1. The summed E-state index contributed by atoms with van der Waals surface area (Å²) in [4.78, 5) is 1.54. The lowest BCUT2D eigenvalue weighted by atomic mass is 9.99. The number of anilines is 2. The number of hydrogen-bond acceptors (Lipinski definition) is 2. The minimum Gasteiger partial charge on any atom is -0.325 e. The Morgan fingerprint density at radius 2 is 2.00 bits per heavy atom.